The van der Waals surface area contributed by atoms with E-state index in [4.69, 9.17) is 0 Å². The standard InChI is InChI=1S/C22H23N5O2S/c1-4-14-27-20(17-8-6-5-7-9-17)25-26-22(27)30-15(2)21(29)24-19-12-10-18(11-13-19)23-16(3)28/h4-13,15H,1,14H2,2-3H3,(H,23,28)(H,24,29)/t15-/m0/s1. The third-order valence-corrected chi connectivity index (χ3v) is 5.27. The van der Waals surface area contributed by atoms with Gasteiger partial charge in [-0.15, -0.1) is 16.8 Å². The summed E-state index contributed by atoms with van der Waals surface area (Å²) >= 11 is 1.34. The molecule has 0 unspecified atom stereocenters. The molecule has 2 aromatic carbocycles. The molecule has 2 amide bonds. The molecule has 154 valence electrons. The van der Waals surface area contributed by atoms with Gasteiger partial charge in [-0.3, -0.25) is 14.2 Å². The van der Waals surface area contributed by atoms with E-state index in [1.807, 2.05) is 41.8 Å². The van der Waals surface area contributed by atoms with Crippen LogP contribution in [-0.4, -0.2) is 31.8 Å². The molecule has 3 rings (SSSR count). The predicted molar refractivity (Wildman–Crippen MR) is 120 cm³/mol. The van der Waals surface area contributed by atoms with Crippen molar-refractivity contribution >= 4 is 35.0 Å². The first kappa shape index (κ1) is 21.3. The van der Waals surface area contributed by atoms with Crippen molar-refractivity contribution in [2.45, 2.75) is 30.8 Å². The van der Waals surface area contributed by atoms with Crippen molar-refractivity contribution in [2.24, 2.45) is 0 Å². The van der Waals surface area contributed by atoms with E-state index in [0.29, 0.717) is 23.1 Å². The van der Waals surface area contributed by atoms with Crippen LogP contribution in [0.1, 0.15) is 13.8 Å². The normalized spacial score (nSPS) is 11.5. The molecule has 1 atom stereocenters. The average Bonchev–Trinajstić information content (AvgIpc) is 3.12. The maximum atomic E-state index is 12.6. The Morgan fingerprint density at radius 2 is 1.70 bits per heavy atom. The van der Waals surface area contributed by atoms with Crippen LogP contribution in [0.4, 0.5) is 11.4 Å². The molecule has 0 radical (unpaired) electrons. The highest BCUT2D eigenvalue weighted by molar-refractivity contribution is 8.00. The van der Waals surface area contributed by atoms with Crippen molar-refractivity contribution in [3.8, 4) is 11.4 Å². The molecule has 1 aromatic heterocycles. The van der Waals surface area contributed by atoms with Gasteiger partial charge in [-0.25, -0.2) is 0 Å². The van der Waals surface area contributed by atoms with Crippen molar-refractivity contribution in [1.29, 1.82) is 0 Å². The smallest absolute Gasteiger partial charge is 0.237 e. The molecular weight excluding hydrogens is 398 g/mol. The van der Waals surface area contributed by atoms with Crippen LogP contribution in [0.25, 0.3) is 11.4 Å². The summed E-state index contributed by atoms with van der Waals surface area (Å²) < 4.78 is 1.94. The summed E-state index contributed by atoms with van der Waals surface area (Å²) in [6.07, 6.45) is 1.78. The molecule has 7 nitrogen and oxygen atoms in total. The molecule has 0 spiro atoms. The van der Waals surface area contributed by atoms with Crippen LogP contribution in [-0.2, 0) is 16.1 Å². The number of carbonyl (C=O) groups is 2. The topological polar surface area (TPSA) is 88.9 Å². The van der Waals surface area contributed by atoms with Gasteiger partial charge in [-0.2, -0.15) is 0 Å². The van der Waals surface area contributed by atoms with E-state index in [-0.39, 0.29) is 11.8 Å². The first-order valence-corrected chi connectivity index (χ1v) is 10.3. The van der Waals surface area contributed by atoms with Gasteiger partial charge in [0.1, 0.15) is 0 Å². The van der Waals surface area contributed by atoms with Crippen LogP contribution < -0.4 is 10.6 Å². The highest BCUT2D eigenvalue weighted by Gasteiger charge is 2.20. The fourth-order valence-corrected chi connectivity index (χ4v) is 3.62. The zero-order valence-corrected chi connectivity index (χ0v) is 17.6. The molecule has 0 aliphatic carbocycles. The number of amides is 2. The van der Waals surface area contributed by atoms with Gasteiger partial charge in [0.05, 0.1) is 5.25 Å². The lowest BCUT2D eigenvalue weighted by Crippen LogP contribution is -2.23. The van der Waals surface area contributed by atoms with E-state index in [0.717, 1.165) is 11.4 Å². The highest BCUT2D eigenvalue weighted by Crippen LogP contribution is 2.27. The van der Waals surface area contributed by atoms with Crippen molar-refractivity contribution in [3.63, 3.8) is 0 Å². The molecule has 0 saturated heterocycles. The van der Waals surface area contributed by atoms with Gasteiger partial charge in [0.2, 0.25) is 11.8 Å². The quantitative estimate of drug-likeness (QED) is 0.420. The Balaban J connectivity index is 1.70. The maximum Gasteiger partial charge on any atom is 0.237 e. The summed E-state index contributed by atoms with van der Waals surface area (Å²) in [5.41, 5.74) is 2.28. The Kier molecular flexibility index (Phi) is 7.03. The van der Waals surface area contributed by atoms with Gasteiger partial charge < -0.3 is 10.6 Å². The molecule has 0 fully saturated rings. The summed E-state index contributed by atoms with van der Waals surface area (Å²) in [5.74, 6) is 0.441. The third-order valence-electron chi connectivity index (χ3n) is 4.18. The van der Waals surface area contributed by atoms with E-state index in [9.17, 15) is 9.59 Å². The second kappa shape index (κ2) is 9.89. The Hall–Kier alpha value is -3.39. The molecule has 30 heavy (non-hydrogen) atoms. The first-order chi connectivity index (χ1) is 14.5. The fourth-order valence-electron chi connectivity index (χ4n) is 2.77. The van der Waals surface area contributed by atoms with Crippen LogP contribution in [0.15, 0.2) is 72.4 Å². The lowest BCUT2D eigenvalue weighted by molar-refractivity contribution is -0.115. The minimum Gasteiger partial charge on any atom is -0.326 e. The van der Waals surface area contributed by atoms with E-state index in [2.05, 4.69) is 27.4 Å². The van der Waals surface area contributed by atoms with E-state index >= 15 is 0 Å². The van der Waals surface area contributed by atoms with Crippen molar-refractivity contribution < 1.29 is 9.59 Å². The number of nitrogens with zero attached hydrogens (tertiary/aromatic N) is 3. The molecule has 2 N–H and O–H groups in total. The number of anilines is 2. The fraction of sp³-hybridized carbons (Fsp3) is 0.182. The number of allylic oxidation sites excluding steroid dienone is 1. The Bertz CT molecular complexity index is 1030. The largest absolute Gasteiger partial charge is 0.326 e. The van der Waals surface area contributed by atoms with Crippen LogP contribution in [0.5, 0.6) is 0 Å². The lowest BCUT2D eigenvalue weighted by atomic mass is 10.2. The Morgan fingerprint density at radius 1 is 1.07 bits per heavy atom. The van der Waals surface area contributed by atoms with Gasteiger partial charge in [-0.05, 0) is 31.2 Å². The minimum absolute atomic E-state index is 0.143. The highest BCUT2D eigenvalue weighted by atomic mass is 32.2. The minimum atomic E-state index is -0.392. The van der Waals surface area contributed by atoms with Crippen LogP contribution in [0, 0.1) is 0 Å². The molecule has 0 aliphatic rings. The molecule has 8 heteroatoms. The summed E-state index contributed by atoms with van der Waals surface area (Å²) in [5, 5.41) is 14.4. The number of carbonyl (C=O) groups excluding carboxylic acids is 2. The number of aromatic nitrogens is 3. The van der Waals surface area contributed by atoms with E-state index in [1.165, 1.54) is 18.7 Å². The van der Waals surface area contributed by atoms with E-state index in [1.54, 1.807) is 30.3 Å². The lowest BCUT2D eigenvalue weighted by Gasteiger charge is -2.13. The van der Waals surface area contributed by atoms with Gasteiger partial charge >= 0.3 is 0 Å². The van der Waals surface area contributed by atoms with Crippen molar-refractivity contribution in [1.82, 2.24) is 14.8 Å². The van der Waals surface area contributed by atoms with Crippen molar-refractivity contribution in [3.05, 3.63) is 67.3 Å². The van der Waals surface area contributed by atoms with E-state index < -0.39 is 5.25 Å². The van der Waals surface area contributed by atoms with Crippen molar-refractivity contribution in [2.75, 3.05) is 10.6 Å². The monoisotopic (exact) mass is 421 g/mol. The Morgan fingerprint density at radius 3 is 2.30 bits per heavy atom. The number of hydrogen-bond acceptors (Lipinski definition) is 5. The molecule has 0 saturated carbocycles. The molecule has 1 heterocycles. The maximum absolute atomic E-state index is 12.6. The summed E-state index contributed by atoms with van der Waals surface area (Å²) in [6, 6.07) is 16.7. The molecular formula is C22H23N5O2S. The zero-order valence-electron chi connectivity index (χ0n) is 16.8. The number of benzene rings is 2. The summed E-state index contributed by atoms with van der Waals surface area (Å²) in [7, 11) is 0. The predicted octanol–water partition coefficient (Wildman–Crippen LogP) is 4.21. The van der Waals surface area contributed by atoms with Crippen LogP contribution in [0.3, 0.4) is 0 Å². The summed E-state index contributed by atoms with van der Waals surface area (Å²) in [6.45, 7) is 7.62. The second-order valence-electron chi connectivity index (χ2n) is 6.58. The number of thioether (sulfide) groups is 1. The average molecular weight is 422 g/mol. The summed E-state index contributed by atoms with van der Waals surface area (Å²) in [4.78, 5) is 23.7. The third kappa shape index (κ3) is 5.36. The van der Waals surface area contributed by atoms with Crippen LogP contribution >= 0.6 is 11.8 Å². The Labute approximate surface area is 179 Å². The molecule has 0 aliphatic heterocycles. The van der Waals surface area contributed by atoms with Crippen LogP contribution in [0.2, 0.25) is 0 Å². The number of rotatable bonds is 8. The molecule has 0 bridgehead atoms. The van der Waals surface area contributed by atoms with Gasteiger partial charge in [0.15, 0.2) is 11.0 Å². The van der Waals surface area contributed by atoms with Gasteiger partial charge in [-0.1, -0.05) is 48.2 Å². The SMILES string of the molecule is C=CCn1c(S[C@@H](C)C(=O)Nc2ccc(NC(C)=O)cc2)nnc1-c1ccccc1. The zero-order chi connectivity index (χ0) is 21.5. The van der Waals surface area contributed by atoms with Gasteiger partial charge in [0.25, 0.3) is 0 Å². The second-order valence-corrected chi connectivity index (χ2v) is 7.89. The molecule has 3 aromatic rings. The number of hydrogen-bond donors (Lipinski definition) is 2. The first-order valence-electron chi connectivity index (χ1n) is 9.42. The number of nitrogens with one attached hydrogen (secondary N) is 2. The van der Waals surface area contributed by atoms with Gasteiger partial charge in [0, 0.05) is 30.4 Å².